The largest absolute Gasteiger partial charge is 0.445 e. The number of carbonyl (C=O) groups is 1. The minimum atomic E-state index is -0.305. The Balaban J connectivity index is 1.27. The zero-order chi connectivity index (χ0) is 17.3. The Hall–Kier alpha value is -1.59. The van der Waals surface area contributed by atoms with Gasteiger partial charge in [-0.1, -0.05) is 30.3 Å². The number of piperidine rings is 2. The van der Waals surface area contributed by atoms with Crippen LogP contribution >= 0.6 is 0 Å². The van der Waals surface area contributed by atoms with Crippen LogP contribution in [0.4, 0.5) is 4.79 Å². The van der Waals surface area contributed by atoms with Crippen molar-refractivity contribution in [3.05, 3.63) is 35.9 Å². The first kappa shape index (κ1) is 18.2. The van der Waals surface area contributed by atoms with Gasteiger partial charge in [0.15, 0.2) is 0 Å². The summed E-state index contributed by atoms with van der Waals surface area (Å²) in [6, 6.07) is 9.79. The van der Waals surface area contributed by atoms with E-state index in [2.05, 4.69) is 15.5 Å². The Morgan fingerprint density at radius 1 is 1.08 bits per heavy atom. The summed E-state index contributed by atoms with van der Waals surface area (Å²) in [6.07, 6.45) is 4.66. The maximum Gasteiger partial charge on any atom is 0.407 e. The molecule has 2 N–H and O–H groups in total. The molecule has 5 nitrogen and oxygen atoms in total. The molecule has 3 rings (SSSR count). The van der Waals surface area contributed by atoms with Gasteiger partial charge in [0.2, 0.25) is 0 Å². The smallest absolute Gasteiger partial charge is 0.407 e. The average Bonchev–Trinajstić information content (AvgIpc) is 2.67. The monoisotopic (exact) mass is 345 g/mol. The van der Waals surface area contributed by atoms with Crippen LogP contribution in [0.3, 0.4) is 0 Å². The summed E-state index contributed by atoms with van der Waals surface area (Å²) >= 11 is 0. The van der Waals surface area contributed by atoms with Crippen molar-refractivity contribution in [3.63, 3.8) is 0 Å². The van der Waals surface area contributed by atoms with Crippen molar-refractivity contribution in [1.29, 1.82) is 0 Å². The predicted molar refractivity (Wildman–Crippen MR) is 99.4 cm³/mol. The van der Waals surface area contributed by atoms with Crippen LogP contribution in [0.1, 0.15) is 31.2 Å². The highest BCUT2D eigenvalue weighted by Crippen LogP contribution is 2.20. The topological polar surface area (TPSA) is 53.6 Å². The van der Waals surface area contributed by atoms with Crippen LogP contribution in [0.2, 0.25) is 0 Å². The molecule has 1 aromatic carbocycles. The molecule has 5 heteroatoms. The first-order valence-electron chi connectivity index (χ1n) is 9.67. The van der Waals surface area contributed by atoms with Crippen molar-refractivity contribution in [2.45, 2.75) is 32.3 Å². The second kappa shape index (κ2) is 9.78. The molecule has 0 radical (unpaired) electrons. The molecule has 0 saturated carbocycles. The van der Waals surface area contributed by atoms with Gasteiger partial charge < -0.3 is 20.3 Å². The number of hydrogen-bond donors (Lipinski definition) is 2. The summed E-state index contributed by atoms with van der Waals surface area (Å²) in [4.78, 5) is 14.4. The Morgan fingerprint density at radius 3 is 2.52 bits per heavy atom. The standard InChI is InChI=1S/C20H31N3O2/c24-20(25-16-19-4-2-1-3-5-19)22-14-17-8-12-23(13-9-17)15-18-6-10-21-11-7-18/h1-5,17-18,21H,6-16H2,(H,22,24). The minimum Gasteiger partial charge on any atom is -0.445 e. The Kier molecular flexibility index (Phi) is 7.12. The molecule has 2 fully saturated rings. The van der Waals surface area contributed by atoms with E-state index in [-0.39, 0.29) is 6.09 Å². The van der Waals surface area contributed by atoms with Crippen molar-refractivity contribution in [2.24, 2.45) is 11.8 Å². The number of likely N-dealkylation sites (tertiary alicyclic amines) is 1. The third kappa shape index (κ3) is 6.33. The lowest BCUT2D eigenvalue weighted by molar-refractivity contribution is 0.128. The van der Waals surface area contributed by atoms with Crippen LogP contribution in [0.15, 0.2) is 30.3 Å². The summed E-state index contributed by atoms with van der Waals surface area (Å²) < 4.78 is 5.27. The van der Waals surface area contributed by atoms with Crippen LogP contribution in [0.5, 0.6) is 0 Å². The summed E-state index contributed by atoms with van der Waals surface area (Å²) in [7, 11) is 0. The van der Waals surface area contributed by atoms with Gasteiger partial charge in [-0.15, -0.1) is 0 Å². The molecular formula is C20H31N3O2. The Labute approximate surface area is 151 Å². The van der Waals surface area contributed by atoms with E-state index in [0.29, 0.717) is 12.5 Å². The van der Waals surface area contributed by atoms with E-state index < -0.39 is 0 Å². The molecule has 138 valence electrons. The number of alkyl carbamates (subject to hydrolysis) is 1. The number of hydrogen-bond acceptors (Lipinski definition) is 4. The highest BCUT2D eigenvalue weighted by Gasteiger charge is 2.23. The zero-order valence-corrected chi connectivity index (χ0v) is 15.1. The summed E-state index contributed by atoms with van der Waals surface area (Å²) in [6.45, 7) is 6.99. The Bertz CT molecular complexity index is 509. The SMILES string of the molecule is O=C(NCC1CCN(CC2CCNCC2)CC1)OCc1ccccc1. The molecule has 25 heavy (non-hydrogen) atoms. The van der Waals surface area contributed by atoms with Crippen molar-refractivity contribution < 1.29 is 9.53 Å². The molecule has 0 atom stereocenters. The lowest BCUT2D eigenvalue weighted by atomic mass is 9.93. The number of amides is 1. The van der Waals surface area contributed by atoms with E-state index in [4.69, 9.17) is 4.74 Å². The van der Waals surface area contributed by atoms with Gasteiger partial charge in [-0.05, 0) is 69.3 Å². The highest BCUT2D eigenvalue weighted by molar-refractivity contribution is 5.67. The lowest BCUT2D eigenvalue weighted by Gasteiger charge is -2.35. The van der Waals surface area contributed by atoms with Gasteiger partial charge in [-0.2, -0.15) is 0 Å². The number of benzene rings is 1. The van der Waals surface area contributed by atoms with Gasteiger partial charge in [0, 0.05) is 13.1 Å². The second-order valence-electron chi connectivity index (χ2n) is 7.38. The third-order valence-corrected chi connectivity index (χ3v) is 5.43. The fraction of sp³-hybridized carbons (Fsp3) is 0.650. The minimum absolute atomic E-state index is 0.305. The van der Waals surface area contributed by atoms with Crippen molar-refractivity contribution >= 4 is 6.09 Å². The Morgan fingerprint density at radius 2 is 1.80 bits per heavy atom. The van der Waals surface area contributed by atoms with Crippen LogP contribution in [-0.2, 0) is 11.3 Å². The third-order valence-electron chi connectivity index (χ3n) is 5.43. The first-order valence-corrected chi connectivity index (χ1v) is 9.67. The van der Waals surface area contributed by atoms with Crippen molar-refractivity contribution in [1.82, 2.24) is 15.5 Å². The molecule has 1 amide bonds. The molecule has 0 unspecified atom stereocenters. The number of carbonyl (C=O) groups excluding carboxylic acids is 1. The summed E-state index contributed by atoms with van der Waals surface area (Å²) in [5.74, 6) is 1.44. The van der Waals surface area contributed by atoms with Gasteiger partial charge in [-0.3, -0.25) is 0 Å². The van der Waals surface area contributed by atoms with E-state index in [1.54, 1.807) is 0 Å². The average molecular weight is 345 g/mol. The van der Waals surface area contributed by atoms with E-state index >= 15 is 0 Å². The lowest BCUT2D eigenvalue weighted by Crippen LogP contribution is -2.42. The molecule has 2 aliphatic rings. The highest BCUT2D eigenvalue weighted by atomic mass is 16.5. The van der Waals surface area contributed by atoms with E-state index in [9.17, 15) is 4.79 Å². The van der Waals surface area contributed by atoms with Crippen molar-refractivity contribution in [2.75, 3.05) is 39.3 Å². The number of ether oxygens (including phenoxy) is 1. The fourth-order valence-corrected chi connectivity index (χ4v) is 3.80. The molecule has 0 bridgehead atoms. The predicted octanol–water partition coefficient (Wildman–Crippen LogP) is 2.62. The van der Waals surface area contributed by atoms with Crippen LogP contribution < -0.4 is 10.6 Å². The second-order valence-corrected chi connectivity index (χ2v) is 7.38. The van der Waals surface area contributed by atoms with Crippen LogP contribution in [-0.4, -0.2) is 50.3 Å². The zero-order valence-electron chi connectivity index (χ0n) is 15.1. The maximum absolute atomic E-state index is 11.8. The van der Waals surface area contributed by atoms with E-state index in [1.165, 1.54) is 45.3 Å². The van der Waals surface area contributed by atoms with Gasteiger partial charge in [0.1, 0.15) is 6.61 Å². The van der Waals surface area contributed by atoms with Gasteiger partial charge in [-0.25, -0.2) is 4.79 Å². The summed E-state index contributed by atoms with van der Waals surface area (Å²) in [5, 5.41) is 6.37. The molecule has 2 heterocycles. The van der Waals surface area contributed by atoms with Gasteiger partial charge in [0.05, 0.1) is 0 Å². The normalized spacial score (nSPS) is 20.3. The number of rotatable bonds is 6. The molecule has 2 aliphatic heterocycles. The quantitative estimate of drug-likeness (QED) is 0.832. The van der Waals surface area contributed by atoms with Crippen molar-refractivity contribution in [3.8, 4) is 0 Å². The molecular weight excluding hydrogens is 314 g/mol. The van der Waals surface area contributed by atoms with E-state index in [1.807, 2.05) is 30.3 Å². The number of nitrogens with one attached hydrogen (secondary N) is 2. The fourth-order valence-electron chi connectivity index (χ4n) is 3.80. The molecule has 2 saturated heterocycles. The van der Waals surface area contributed by atoms with Gasteiger partial charge in [0.25, 0.3) is 0 Å². The van der Waals surface area contributed by atoms with Crippen LogP contribution in [0.25, 0.3) is 0 Å². The van der Waals surface area contributed by atoms with Crippen LogP contribution in [0, 0.1) is 11.8 Å². The molecule has 0 aliphatic carbocycles. The maximum atomic E-state index is 11.8. The number of nitrogens with zero attached hydrogens (tertiary/aromatic N) is 1. The molecule has 1 aromatic rings. The first-order chi connectivity index (χ1) is 12.3. The van der Waals surface area contributed by atoms with E-state index in [0.717, 1.165) is 31.1 Å². The molecule has 0 aromatic heterocycles. The van der Waals surface area contributed by atoms with Gasteiger partial charge >= 0.3 is 6.09 Å². The summed E-state index contributed by atoms with van der Waals surface area (Å²) in [5.41, 5.74) is 1.02. The molecule has 0 spiro atoms.